The molecule has 0 heterocycles. The molecule has 0 spiro atoms. The van der Waals surface area contributed by atoms with Gasteiger partial charge in [0.15, 0.2) is 0 Å². The van der Waals surface area contributed by atoms with E-state index in [0.717, 1.165) is 17.6 Å². The minimum atomic E-state index is -0.0254. The van der Waals surface area contributed by atoms with Crippen LogP contribution in [-0.2, 0) is 4.79 Å². The van der Waals surface area contributed by atoms with Gasteiger partial charge in [-0.15, -0.1) is 11.8 Å². The van der Waals surface area contributed by atoms with E-state index in [1.54, 1.807) is 11.8 Å². The Morgan fingerprint density at radius 3 is 2.50 bits per heavy atom. The average Bonchev–Trinajstić information content (AvgIpc) is 2.30. The van der Waals surface area contributed by atoms with Crippen LogP contribution in [0.5, 0.6) is 0 Å². The Morgan fingerprint density at radius 2 is 1.94 bits per heavy atom. The summed E-state index contributed by atoms with van der Waals surface area (Å²) in [6.07, 6.45) is 4.98. The first-order chi connectivity index (χ1) is 7.72. The van der Waals surface area contributed by atoms with Crippen molar-refractivity contribution in [1.29, 1.82) is 0 Å². The molecule has 16 heavy (non-hydrogen) atoms. The highest BCUT2D eigenvalue weighted by molar-refractivity contribution is 8.00. The maximum Gasteiger partial charge on any atom is 0.136 e. The number of rotatable bonds is 6. The molecule has 1 aromatic carbocycles. The molecule has 0 bridgehead atoms. The highest BCUT2D eigenvalue weighted by Crippen LogP contribution is 2.15. The van der Waals surface area contributed by atoms with E-state index in [-0.39, 0.29) is 5.25 Å². The van der Waals surface area contributed by atoms with E-state index in [2.05, 4.69) is 13.8 Å². The molecule has 1 rings (SSSR count). The second-order valence-electron chi connectivity index (χ2n) is 4.10. The summed E-state index contributed by atoms with van der Waals surface area (Å²) in [6.45, 7) is 4.32. The van der Waals surface area contributed by atoms with Gasteiger partial charge in [-0.25, -0.2) is 0 Å². The number of carbonyl (C=O) groups excluding carboxylic acids is 1. The Bertz CT molecular complexity index is 330. The Morgan fingerprint density at radius 1 is 1.25 bits per heavy atom. The average molecular weight is 234 g/mol. The van der Waals surface area contributed by atoms with Gasteiger partial charge in [-0.1, -0.05) is 56.3 Å². The first-order valence-corrected chi connectivity index (χ1v) is 6.57. The summed E-state index contributed by atoms with van der Waals surface area (Å²) in [4.78, 5) is 10.9. The standard InChI is InChI=1S/C14H18OS/c1-12(2)11-16-14(10-15)9-8-13-6-4-3-5-7-13/h3-10,12,14H,11H2,1-2H3/b9-8+. The van der Waals surface area contributed by atoms with E-state index >= 15 is 0 Å². The van der Waals surface area contributed by atoms with Gasteiger partial charge in [-0.3, -0.25) is 0 Å². The van der Waals surface area contributed by atoms with Gasteiger partial charge in [-0.2, -0.15) is 0 Å². The molecule has 0 N–H and O–H groups in total. The van der Waals surface area contributed by atoms with Crippen LogP contribution in [0.1, 0.15) is 19.4 Å². The fourth-order valence-corrected chi connectivity index (χ4v) is 2.09. The molecule has 0 amide bonds. The van der Waals surface area contributed by atoms with Gasteiger partial charge < -0.3 is 4.79 Å². The second kappa shape index (κ2) is 7.29. The Kier molecular flexibility index (Phi) is 5.94. The minimum absolute atomic E-state index is 0.0254. The maximum absolute atomic E-state index is 10.9. The van der Waals surface area contributed by atoms with Crippen molar-refractivity contribution < 1.29 is 4.79 Å². The van der Waals surface area contributed by atoms with Gasteiger partial charge in [-0.05, 0) is 17.2 Å². The first kappa shape index (κ1) is 13.0. The van der Waals surface area contributed by atoms with Crippen molar-refractivity contribution in [3.63, 3.8) is 0 Å². The highest BCUT2D eigenvalue weighted by Gasteiger charge is 2.04. The lowest BCUT2D eigenvalue weighted by molar-refractivity contribution is -0.106. The third kappa shape index (κ3) is 5.17. The molecule has 0 aliphatic heterocycles. The van der Waals surface area contributed by atoms with Crippen LogP contribution in [0.2, 0.25) is 0 Å². The van der Waals surface area contributed by atoms with Crippen molar-refractivity contribution in [3.8, 4) is 0 Å². The van der Waals surface area contributed by atoms with Crippen LogP contribution in [0.3, 0.4) is 0 Å². The smallest absolute Gasteiger partial charge is 0.136 e. The predicted molar refractivity (Wildman–Crippen MR) is 72.6 cm³/mol. The molecule has 1 nitrogen and oxygen atoms in total. The van der Waals surface area contributed by atoms with Crippen molar-refractivity contribution in [3.05, 3.63) is 42.0 Å². The van der Waals surface area contributed by atoms with E-state index in [9.17, 15) is 4.79 Å². The molecule has 0 radical (unpaired) electrons. The summed E-state index contributed by atoms with van der Waals surface area (Å²) in [5.74, 6) is 1.64. The second-order valence-corrected chi connectivity index (χ2v) is 5.31. The summed E-state index contributed by atoms with van der Waals surface area (Å²) >= 11 is 1.69. The molecule has 0 aliphatic carbocycles. The number of hydrogen-bond acceptors (Lipinski definition) is 2. The van der Waals surface area contributed by atoms with Crippen molar-refractivity contribution in [2.24, 2.45) is 5.92 Å². The number of carbonyl (C=O) groups is 1. The normalized spacial score (nSPS) is 13.2. The van der Waals surface area contributed by atoms with E-state index in [0.29, 0.717) is 5.92 Å². The Hall–Kier alpha value is -1.02. The Labute approximate surface area is 102 Å². The number of benzene rings is 1. The van der Waals surface area contributed by atoms with Crippen LogP contribution < -0.4 is 0 Å². The van der Waals surface area contributed by atoms with Gasteiger partial charge in [0.2, 0.25) is 0 Å². The summed E-state index contributed by atoms with van der Waals surface area (Å²) < 4.78 is 0. The molecule has 0 saturated carbocycles. The van der Waals surface area contributed by atoms with Crippen LogP contribution in [0.4, 0.5) is 0 Å². The molecule has 0 aliphatic rings. The zero-order valence-electron chi connectivity index (χ0n) is 9.80. The zero-order chi connectivity index (χ0) is 11.8. The van der Waals surface area contributed by atoms with Crippen molar-refractivity contribution in [2.75, 3.05) is 5.75 Å². The summed E-state index contributed by atoms with van der Waals surface area (Å²) in [5, 5.41) is -0.0254. The lowest BCUT2D eigenvalue weighted by Gasteiger charge is -2.07. The lowest BCUT2D eigenvalue weighted by Crippen LogP contribution is -2.03. The van der Waals surface area contributed by atoms with Crippen molar-refractivity contribution in [2.45, 2.75) is 19.1 Å². The fourth-order valence-electron chi connectivity index (χ4n) is 1.21. The summed E-state index contributed by atoms with van der Waals surface area (Å²) in [5.41, 5.74) is 1.14. The highest BCUT2D eigenvalue weighted by atomic mass is 32.2. The van der Waals surface area contributed by atoms with E-state index in [1.165, 1.54) is 0 Å². The molecule has 1 aromatic rings. The minimum Gasteiger partial charge on any atom is -0.302 e. The van der Waals surface area contributed by atoms with Gasteiger partial charge >= 0.3 is 0 Å². The molecule has 0 fully saturated rings. The van der Waals surface area contributed by atoms with Crippen molar-refractivity contribution >= 4 is 24.1 Å². The van der Waals surface area contributed by atoms with Crippen LogP contribution >= 0.6 is 11.8 Å². The molecule has 0 aromatic heterocycles. The third-order valence-electron chi connectivity index (χ3n) is 2.03. The zero-order valence-corrected chi connectivity index (χ0v) is 10.6. The van der Waals surface area contributed by atoms with E-state index in [1.807, 2.05) is 42.5 Å². The molecule has 1 unspecified atom stereocenters. The van der Waals surface area contributed by atoms with Crippen LogP contribution in [0.15, 0.2) is 36.4 Å². The number of hydrogen-bond donors (Lipinski definition) is 0. The van der Waals surface area contributed by atoms with Gasteiger partial charge in [0.05, 0.1) is 5.25 Å². The van der Waals surface area contributed by atoms with Crippen LogP contribution in [0, 0.1) is 5.92 Å². The molecule has 86 valence electrons. The molecule has 0 saturated heterocycles. The maximum atomic E-state index is 10.9. The molecule has 1 atom stereocenters. The monoisotopic (exact) mass is 234 g/mol. The predicted octanol–water partition coefficient (Wildman–Crippen LogP) is 3.66. The SMILES string of the molecule is CC(C)CSC(C=O)/C=C/c1ccccc1. The van der Waals surface area contributed by atoms with E-state index in [4.69, 9.17) is 0 Å². The molecule has 2 heteroatoms. The van der Waals surface area contributed by atoms with E-state index < -0.39 is 0 Å². The van der Waals surface area contributed by atoms with Crippen LogP contribution in [0.25, 0.3) is 6.08 Å². The van der Waals surface area contributed by atoms with Gasteiger partial charge in [0.1, 0.15) is 6.29 Å². The van der Waals surface area contributed by atoms with Gasteiger partial charge in [0.25, 0.3) is 0 Å². The molecular weight excluding hydrogens is 216 g/mol. The lowest BCUT2D eigenvalue weighted by atomic mass is 10.2. The number of thioether (sulfide) groups is 1. The third-order valence-corrected chi connectivity index (χ3v) is 3.55. The number of aldehydes is 1. The quantitative estimate of drug-likeness (QED) is 0.699. The summed E-state index contributed by atoms with van der Waals surface area (Å²) in [6, 6.07) is 10.0. The van der Waals surface area contributed by atoms with Crippen LogP contribution in [-0.4, -0.2) is 17.3 Å². The topological polar surface area (TPSA) is 17.1 Å². The molecular formula is C14H18OS. The fraction of sp³-hybridized carbons (Fsp3) is 0.357. The van der Waals surface area contributed by atoms with Gasteiger partial charge in [0, 0.05) is 0 Å². The summed E-state index contributed by atoms with van der Waals surface area (Å²) in [7, 11) is 0. The Balaban J connectivity index is 2.50. The first-order valence-electron chi connectivity index (χ1n) is 5.52. The largest absolute Gasteiger partial charge is 0.302 e. The van der Waals surface area contributed by atoms with Crippen molar-refractivity contribution in [1.82, 2.24) is 0 Å².